The van der Waals surface area contributed by atoms with Gasteiger partial charge in [-0.1, -0.05) is 30.7 Å². The van der Waals surface area contributed by atoms with Crippen molar-refractivity contribution in [3.63, 3.8) is 0 Å². The third-order valence-electron chi connectivity index (χ3n) is 5.18. The quantitative estimate of drug-likeness (QED) is 0.450. The van der Waals surface area contributed by atoms with Gasteiger partial charge < -0.3 is 5.32 Å². The molecule has 1 unspecified atom stereocenters. The number of nitrogens with one attached hydrogen (secondary N) is 1. The van der Waals surface area contributed by atoms with E-state index in [0.29, 0.717) is 33.8 Å². The molecule has 2 heterocycles. The van der Waals surface area contributed by atoms with Crippen LogP contribution in [-0.2, 0) is 17.6 Å². The molecule has 0 bridgehead atoms. The van der Waals surface area contributed by atoms with E-state index in [4.69, 9.17) is 16.6 Å². The average molecular weight is 469 g/mol. The fourth-order valence-electron chi connectivity index (χ4n) is 3.52. The second kappa shape index (κ2) is 9.82. The van der Waals surface area contributed by atoms with Gasteiger partial charge >= 0.3 is 0 Å². The van der Waals surface area contributed by atoms with Crippen LogP contribution in [0, 0.1) is 17.2 Å². The van der Waals surface area contributed by atoms with Crippen LogP contribution in [-0.4, -0.2) is 21.6 Å². The minimum Gasteiger partial charge on any atom is -0.302 e. The first-order chi connectivity index (χ1) is 15.0. The number of carbonyl (C=O) groups excluding carboxylic acids is 1. The lowest BCUT2D eigenvalue weighted by atomic mass is 9.87. The molecule has 5 nitrogen and oxygen atoms in total. The summed E-state index contributed by atoms with van der Waals surface area (Å²) >= 11 is 8.78. The van der Waals surface area contributed by atoms with Gasteiger partial charge in [0.1, 0.15) is 11.1 Å². The molecule has 0 fully saturated rings. The lowest BCUT2D eigenvalue weighted by molar-refractivity contribution is -0.115. The number of aryl methyl sites for hydroxylation is 1. The number of halogens is 1. The molecule has 1 atom stereocenters. The molecule has 0 saturated heterocycles. The maximum atomic E-state index is 12.4. The molecule has 31 heavy (non-hydrogen) atoms. The fraction of sp³-hybridized carbons (Fsp3) is 0.304. The molecule has 0 spiro atoms. The molecule has 1 aromatic carbocycles. The first-order valence-electron chi connectivity index (χ1n) is 10.1. The smallest absolute Gasteiger partial charge is 0.226 e. The van der Waals surface area contributed by atoms with Crippen LogP contribution < -0.4 is 5.32 Å². The first kappa shape index (κ1) is 21.8. The van der Waals surface area contributed by atoms with Gasteiger partial charge in [0.05, 0.1) is 11.3 Å². The normalized spacial score (nSPS) is 15.2. The van der Waals surface area contributed by atoms with Gasteiger partial charge in [0.2, 0.25) is 5.91 Å². The molecule has 1 aliphatic rings. The van der Waals surface area contributed by atoms with Gasteiger partial charge in [0.15, 0.2) is 5.13 Å². The molecule has 8 heteroatoms. The first-order valence-corrected chi connectivity index (χ1v) is 12.3. The Hall–Kier alpha value is -2.40. The topological polar surface area (TPSA) is 78.7 Å². The minimum atomic E-state index is -0.102. The van der Waals surface area contributed by atoms with Crippen LogP contribution in [0.5, 0.6) is 0 Å². The standard InChI is InChI=1S/C23H21ClN4OS2/c1-14-2-7-19-16(10-14)11-17(12-25)22(26-19)30-9-8-21(29)28-23-27-20(13-31-23)15-3-5-18(24)6-4-15/h3-6,11,13-14H,2,7-10H2,1H3,(H,27,28,29). The predicted octanol–water partition coefficient (Wildman–Crippen LogP) is 5.98. The van der Waals surface area contributed by atoms with Crippen molar-refractivity contribution in [1.29, 1.82) is 5.26 Å². The largest absolute Gasteiger partial charge is 0.302 e. The zero-order valence-corrected chi connectivity index (χ0v) is 19.4. The summed E-state index contributed by atoms with van der Waals surface area (Å²) in [5.74, 6) is 1.09. The van der Waals surface area contributed by atoms with Gasteiger partial charge in [0.25, 0.3) is 0 Å². The summed E-state index contributed by atoms with van der Waals surface area (Å²) in [4.78, 5) is 21.6. The van der Waals surface area contributed by atoms with E-state index in [-0.39, 0.29) is 5.91 Å². The second-order valence-corrected chi connectivity index (χ2v) is 9.98. The van der Waals surface area contributed by atoms with E-state index in [1.165, 1.54) is 28.7 Å². The van der Waals surface area contributed by atoms with E-state index in [0.717, 1.165) is 41.2 Å². The van der Waals surface area contributed by atoms with Crippen molar-refractivity contribution in [3.05, 3.63) is 57.6 Å². The Kier molecular flexibility index (Phi) is 6.91. The minimum absolute atomic E-state index is 0.102. The number of hydrogen-bond acceptors (Lipinski definition) is 6. The van der Waals surface area contributed by atoms with E-state index in [1.807, 2.05) is 35.7 Å². The molecular weight excluding hydrogens is 448 g/mol. The summed E-state index contributed by atoms with van der Waals surface area (Å²) in [5.41, 5.74) is 4.65. The Labute approximate surface area is 194 Å². The number of pyridine rings is 1. The van der Waals surface area contributed by atoms with Crippen molar-refractivity contribution in [1.82, 2.24) is 9.97 Å². The number of thioether (sulfide) groups is 1. The number of thiazole rings is 1. The number of aromatic nitrogens is 2. The average Bonchev–Trinajstić information content (AvgIpc) is 3.22. The lowest BCUT2D eigenvalue weighted by Gasteiger charge is -2.21. The molecule has 0 saturated carbocycles. The number of anilines is 1. The Bertz CT molecular complexity index is 1140. The maximum absolute atomic E-state index is 12.4. The maximum Gasteiger partial charge on any atom is 0.226 e. The monoisotopic (exact) mass is 468 g/mol. The molecule has 2 aromatic heterocycles. The molecule has 0 aliphatic heterocycles. The molecule has 1 N–H and O–H groups in total. The fourth-order valence-corrected chi connectivity index (χ4v) is 5.30. The number of rotatable bonds is 6. The van der Waals surface area contributed by atoms with Crippen molar-refractivity contribution in [2.45, 2.75) is 37.6 Å². The van der Waals surface area contributed by atoms with Crippen LogP contribution in [0.2, 0.25) is 5.02 Å². The zero-order valence-electron chi connectivity index (χ0n) is 17.0. The molecule has 158 valence electrons. The Morgan fingerprint density at radius 2 is 2.16 bits per heavy atom. The molecular formula is C23H21ClN4OS2. The zero-order chi connectivity index (χ0) is 21.8. The highest BCUT2D eigenvalue weighted by molar-refractivity contribution is 7.99. The highest BCUT2D eigenvalue weighted by Crippen LogP contribution is 2.30. The summed E-state index contributed by atoms with van der Waals surface area (Å²) in [7, 11) is 0. The number of fused-ring (bicyclic) bond motifs is 1. The number of nitriles is 1. The lowest BCUT2D eigenvalue weighted by Crippen LogP contribution is -2.14. The summed E-state index contributed by atoms with van der Waals surface area (Å²) < 4.78 is 0. The third kappa shape index (κ3) is 5.45. The number of nitrogens with zero attached hydrogens (tertiary/aromatic N) is 3. The van der Waals surface area contributed by atoms with Crippen LogP contribution in [0.25, 0.3) is 11.3 Å². The van der Waals surface area contributed by atoms with E-state index in [2.05, 4.69) is 23.3 Å². The van der Waals surface area contributed by atoms with Crippen molar-refractivity contribution in [2.75, 3.05) is 11.1 Å². The predicted molar refractivity (Wildman–Crippen MR) is 127 cm³/mol. The third-order valence-corrected chi connectivity index (χ3v) is 7.18. The summed E-state index contributed by atoms with van der Waals surface area (Å²) in [5, 5.41) is 16.2. The SMILES string of the molecule is CC1CCc2nc(SCCC(=O)Nc3nc(-c4ccc(Cl)cc4)cs3)c(C#N)cc2C1. The van der Waals surface area contributed by atoms with Crippen molar-refractivity contribution in [3.8, 4) is 17.3 Å². The molecule has 0 radical (unpaired) electrons. The Morgan fingerprint density at radius 1 is 1.35 bits per heavy atom. The van der Waals surface area contributed by atoms with Crippen LogP contribution in [0.15, 0.2) is 40.7 Å². The molecule has 3 aromatic rings. The van der Waals surface area contributed by atoms with E-state index < -0.39 is 0 Å². The van der Waals surface area contributed by atoms with Gasteiger partial charge in [-0.3, -0.25) is 4.79 Å². The van der Waals surface area contributed by atoms with Crippen molar-refractivity contribution >= 4 is 45.7 Å². The van der Waals surface area contributed by atoms with E-state index >= 15 is 0 Å². The van der Waals surface area contributed by atoms with E-state index in [9.17, 15) is 10.1 Å². The summed E-state index contributed by atoms with van der Waals surface area (Å²) in [6.45, 7) is 2.23. The summed E-state index contributed by atoms with van der Waals surface area (Å²) in [6, 6.07) is 11.7. The second-order valence-electron chi connectivity index (χ2n) is 7.60. The highest BCUT2D eigenvalue weighted by atomic mass is 35.5. The van der Waals surface area contributed by atoms with Gasteiger partial charge in [-0.15, -0.1) is 23.1 Å². The molecule has 4 rings (SSSR count). The van der Waals surface area contributed by atoms with Crippen LogP contribution in [0.1, 0.15) is 36.6 Å². The molecule has 1 aliphatic carbocycles. The van der Waals surface area contributed by atoms with Crippen LogP contribution >= 0.6 is 34.7 Å². The van der Waals surface area contributed by atoms with Gasteiger partial charge in [-0.2, -0.15) is 5.26 Å². The van der Waals surface area contributed by atoms with Gasteiger partial charge in [-0.25, -0.2) is 9.97 Å². The molecule has 1 amide bonds. The number of amides is 1. The number of hydrogen-bond donors (Lipinski definition) is 1. The number of benzene rings is 1. The van der Waals surface area contributed by atoms with Crippen molar-refractivity contribution in [2.24, 2.45) is 5.92 Å². The van der Waals surface area contributed by atoms with Crippen LogP contribution in [0.4, 0.5) is 5.13 Å². The summed E-state index contributed by atoms with van der Waals surface area (Å²) in [6.07, 6.45) is 3.39. The highest BCUT2D eigenvalue weighted by Gasteiger charge is 2.19. The van der Waals surface area contributed by atoms with E-state index in [1.54, 1.807) is 0 Å². The van der Waals surface area contributed by atoms with Gasteiger partial charge in [-0.05, 0) is 48.9 Å². The van der Waals surface area contributed by atoms with Gasteiger partial charge in [0, 0.05) is 33.8 Å². The van der Waals surface area contributed by atoms with Crippen molar-refractivity contribution < 1.29 is 4.79 Å². The van der Waals surface area contributed by atoms with Crippen LogP contribution in [0.3, 0.4) is 0 Å². The Balaban J connectivity index is 1.33. The number of carbonyl (C=O) groups is 1. The Morgan fingerprint density at radius 3 is 2.94 bits per heavy atom.